The van der Waals surface area contributed by atoms with Crippen molar-refractivity contribution >= 4 is 35.0 Å². The molecule has 0 radical (unpaired) electrons. The van der Waals surface area contributed by atoms with Gasteiger partial charge in [0.05, 0.1) is 24.1 Å². The molecule has 1 unspecified atom stereocenters. The zero-order valence-corrected chi connectivity index (χ0v) is 24.3. The Labute approximate surface area is 251 Å². The molecule has 0 saturated heterocycles. The van der Waals surface area contributed by atoms with E-state index in [2.05, 4.69) is 30.6 Å². The van der Waals surface area contributed by atoms with Crippen LogP contribution in [0, 0.1) is 5.92 Å². The summed E-state index contributed by atoms with van der Waals surface area (Å²) in [6.45, 7) is 0. The molecule has 2 aromatic carbocycles. The molecule has 214 valence electrons. The van der Waals surface area contributed by atoms with E-state index in [0.29, 0.717) is 27.5 Å². The maximum absolute atomic E-state index is 11.5. The van der Waals surface area contributed by atoms with E-state index in [1.165, 1.54) is 20.0 Å². The van der Waals surface area contributed by atoms with Gasteiger partial charge in [-0.1, -0.05) is 48.2 Å². The van der Waals surface area contributed by atoms with Crippen molar-refractivity contribution in [3.63, 3.8) is 0 Å². The number of benzene rings is 2. The number of carbonyl (C=O) groups excluding carboxylic acids is 1. The van der Waals surface area contributed by atoms with Gasteiger partial charge in [-0.05, 0) is 59.2 Å². The van der Waals surface area contributed by atoms with Crippen LogP contribution < -0.4 is 14.9 Å². The lowest BCUT2D eigenvalue weighted by atomic mass is 9.95. The predicted molar refractivity (Wildman–Crippen MR) is 157 cm³/mol. The summed E-state index contributed by atoms with van der Waals surface area (Å²) in [5, 5.41) is 15.2. The number of nitrogens with zero attached hydrogens (tertiary/aromatic N) is 6. The number of halogens is 2. The van der Waals surface area contributed by atoms with Crippen LogP contribution in [0.5, 0.6) is 0 Å². The Bertz CT molecular complexity index is 1720. The van der Waals surface area contributed by atoms with Gasteiger partial charge in [-0.3, -0.25) is 10.2 Å². The molecular weight excluding hydrogens is 579 g/mol. The maximum Gasteiger partial charge on any atom is 0.411 e. The highest BCUT2D eigenvalue weighted by Crippen LogP contribution is 2.41. The number of carbonyl (C=O) groups is 1. The first-order valence-electron chi connectivity index (χ1n) is 13.3. The molecule has 0 spiro atoms. The number of amides is 1. The SMILES string of the molecule is COC(=O)Nc1ccc(-c2[nH]c(C(CC3CC3)c3ccc(-c4cc(Cl)ccc4-n4cnnn4)c[n+]3OC)nc2Cl)cc1. The summed E-state index contributed by atoms with van der Waals surface area (Å²) in [7, 11) is 2.95. The lowest BCUT2D eigenvalue weighted by Gasteiger charge is -2.14. The first-order valence-corrected chi connectivity index (χ1v) is 14.0. The van der Waals surface area contributed by atoms with E-state index in [4.69, 9.17) is 33.0 Å². The van der Waals surface area contributed by atoms with Gasteiger partial charge in [0.2, 0.25) is 11.9 Å². The third-order valence-corrected chi connectivity index (χ3v) is 7.75. The standard InChI is InChI=1S/C29H26Cl2N8O3/c1-41-29(40)33-21-9-5-18(6-10-21)26-27(31)35-28(34-26)23(13-17-3-4-17)25-11-7-19(15-39(25)42-2)22-14-20(30)8-12-24(22)38-16-32-36-37-38/h5-12,14-17,23H,3-4,13H2,1-2H3,(H-,33,34,35,36,37,40)/p+1. The van der Waals surface area contributed by atoms with Gasteiger partial charge >= 0.3 is 6.09 Å². The summed E-state index contributed by atoms with van der Waals surface area (Å²) < 4.78 is 8.02. The van der Waals surface area contributed by atoms with Crippen molar-refractivity contribution < 1.29 is 19.1 Å². The number of aromatic nitrogens is 7. The molecule has 0 aliphatic heterocycles. The fourth-order valence-corrected chi connectivity index (χ4v) is 5.38. The number of hydrogen-bond acceptors (Lipinski definition) is 7. The van der Waals surface area contributed by atoms with Gasteiger partial charge in [0, 0.05) is 32.6 Å². The molecule has 6 rings (SSSR count). The van der Waals surface area contributed by atoms with Crippen LogP contribution in [0.2, 0.25) is 10.2 Å². The highest BCUT2D eigenvalue weighted by atomic mass is 35.5. The van der Waals surface area contributed by atoms with Crippen LogP contribution in [0.4, 0.5) is 10.5 Å². The molecule has 3 heterocycles. The normalized spacial score (nSPS) is 13.5. The second-order valence-electron chi connectivity index (χ2n) is 9.98. The number of H-pyrrole nitrogens is 1. The monoisotopic (exact) mass is 605 g/mol. The smallest absolute Gasteiger partial charge is 0.411 e. The van der Waals surface area contributed by atoms with Crippen LogP contribution in [-0.2, 0) is 4.74 Å². The molecule has 1 fully saturated rings. The van der Waals surface area contributed by atoms with Crippen molar-refractivity contribution in [1.29, 1.82) is 0 Å². The fraction of sp³-hybridized carbons (Fsp3) is 0.241. The zero-order valence-electron chi connectivity index (χ0n) is 22.8. The number of nitrogens with one attached hydrogen (secondary N) is 2. The molecule has 3 aromatic heterocycles. The molecule has 13 heteroatoms. The largest absolute Gasteiger partial charge is 0.453 e. The van der Waals surface area contributed by atoms with Crippen molar-refractivity contribution in [3.05, 3.63) is 88.8 Å². The van der Waals surface area contributed by atoms with Crippen molar-refractivity contribution in [1.82, 2.24) is 30.2 Å². The van der Waals surface area contributed by atoms with Gasteiger partial charge in [-0.15, -0.1) is 5.10 Å². The number of pyridine rings is 1. The van der Waals surface area contributed by atoms with Crippen LogP contribution in [0.15, 0.2) is 67.1 Å². The van der Waals surface area contributed by atoms with Crippen LogP contribution >= 0.6 is 23.2 Å². The van der Waals surface area contributed by atoms with Crippen LogP contribution in [0.3, 0.4) is 0 Å². The molecule has 1 aliphatic rings. The van der Waals surface area contributed by atoms with Crippen LogP contribution in [0.25, 0.3) is 28.1 Å². The Morgan fingerprint density at radius 3 is 2.60 bits per heavy atom. The van der Waals surface area contributed by atoms with E-state index in [1.807, 2.05) is 42.6 Å². The molecule has 42 heavy (non-hydrogen) atoms. The van der Waals surface area contributed by atoms with Crippen LogP contribution in [-0.4, -0.2) is 50.5 Å². The summed E-state index contributed by atoms with van der Waals surface area (Å²) in [6.07, 6.45) is 6.17. The molecule has 1 amide bonds. The Balaban J connectivity index is 1.36. The van der Waals surface area contributed by atoms with Crippen molar-refractivity contribution in [3.8, 4) is 28.1 Å². The minimum atomic E-state index is -0.535. The van der Waals surface area contributed by atoms with Crippen molar-refractivity contribution in [2.75, 3.05) is 19.5 Å². The molecule has 2 N–H and O–H groups in total. The topological polar surface area (TPSA) is 124 Å². The van der Waals surface area contributed by atoms with Gasteiger partial charge in [-0.2, -0.15) is 4.68 Å². The van der Waals surface area contributed by atoms with E-state index in [-0.39, 0.29) is 5.92 Å². The molecule has 11 nitrogen and oxygen atoms in total. The molecule has 5 aromatic rings. The first-order chi connectivity index (χ1) is 20.4. The van der Waals surface area contributed by atoms with E-state index in [1.54, 1.807) is 41.0 Å². The summed E-state index contributed by atoms with van der Waals surface area (Å²) in [5.74, 6) is 1.24. The Hall–Kier alpha value is -4.48. The number of ether oxygens (including phenoxy) is 1. The summed E-state index contributed by atoms with van der Waals surface area (Å²) >= 11 is 13.1. The van der Waals surface area contributed by atoms with Gasteiger partial charge in [0.25, 0.3) is 0 Å². The van der Waals surface area contributed by atoms with E-state index < -0.39 is 6.09 Å². The number of imidazole rings is 1. The molecule has 1 atom stereocenters. The Morgan fingerprint density at radius 2 is 1.90 bits per heavy atom. The third kappa shape index (κ3) is 5.79. The number of anilines is 1. The van der Waals surface area contributed by atoms with Crippen molar-refractivity contribution in [2.24, 2.45) is 5.92 Å². The minimum Gasteiger partial charge on any atom is -0.453 e. The van der Waals surface area contributed by atoms with E-state index in [0.717, 1.165) is 40.3 Å². The minimum absolute atomic E-state index is 0.101. The first kappa shape index (κ1) is 27.7. The average molecular weight is 606 g/mol. The Kier molecular flexibility index (Phi) is 7.77. The Morgan fingerprint density at radius 1 is 1.12 bits per heavy atom. The number of tetrazole rings is 1. The van der Waals surface area contributed by atoms with Gasteiger partial charge in [0.1, 0.15) is 25.2 Å². The lowest BCUT2D eigenvalue weighted by molar-refractivity contribution is -0.890. The molecule has 1 saturated carbocycles. The predicted octanol–water partition coefficient (Wildman–Crippen LogP) is 5.48. The highest BCUT2D eigenvalue weighted by molar-refractivity contribution is 6.32. The molecular formula is C29H27Cl2N8O3+. The van der Waals surface area contributed by atoms with Gasteiger partial charge in [0.15, 0.2) is 5.15 Å². The van der Waals surface area contributed by atoms with E-state index in [9.17, 15) is 4.79 Å². The lowest BCUT2D eigenvalue weighted by Crippen LogP contribution is -2.45. The van der Waals surface area contributed by atoms with E-state index >= 15 is 0 Å². The second kappa shape index (κ2) is 11.8. The zero-order chi connectivity index (χ0) is 29.2. The molecule has 1 aliphatic carbocycles. The maximum atomic E-state index is 11.5. The van der Waals surface area contributed by atoms with Crippen molar-refractivity contribution in [2.45, 2.75) is 25.2 Å². The fourth-order valence-electron chi connectivity index (χ4n) is 4.96. The second-order valence-corrected chi connectivity index (χ2v) is 10.8. The number of aromatic amines is 1. The summed E-state index contributed by atoms with van der Waals surface area (Å²) in [6, 6.07) is 16.9. The van der Waals surface area contributed by atoms with Gasteiger partial charge in [-0.25, -0.2) is 9.78 Å². The summed E-state index contributed by atoms with van der Waals surface area (Å²) in [4.78, 5) is 25.6. The number of hydrogen-bond donors (Lipinski definition) is 2. The van der Waals surface area contributed by atoms with Crippen LogP contribution in [0.1, 0.15) is 36.7 Å². The average Bonchev–Trinajstić information content (AvgIpc) is 3.50. The van der Waals surface area contributed by atoms with Gasteiger partial charge < -0.3 is 9.72 Å². The number of methoxy groups -OCH3 is 1. The summed E-state index contributed by atoms with van der Waals surface area (Å²) in [5.41, 5.74) is 5.57. The third-order valence-electron chi connectivity index (χ3n) is 7.24. The highest BCUT2D eigenvalue weighted by Gasteiger charge is 2.35. The molecule has 0 bridgehead atoms. The number of rotatable bonds is 9. The quantitative estimate of drug-likeness (QED) is 0.213.